The van der Waals surface area contributed by atoms with Gasteiger partial charge in [0.15, 0.2) is 0 Å². The van der Waals surface area contributed by atoms with E-state index < -0.39 is 0 Å². The molecule has 0 spiro atoms. The average molecular weight is 325 g/mol. The zero-order valence-corrected chi connectivity index (χ0v) is 14.5. The molecule has 1 aliphatic heterocycles. The van der Waals surface area contributed by atoms with Crippen molar-refractivity contribution in [3.05, 3.63) is 48.5 Å². The molecule has 0 unspecified atom stereocenters. The molecule has 1 radical (unpaired) electrons. The summed E-state index contributed by atoms with van der Waals surface area (Å²) in [4.78, 5) is 6.92. The molecule has 1 aliphatic rings. The maximum atomic E-state index is 5.75. The lowest BCUT2D eigenvalue weighted by Crippen LogP contribution is -2.30. The van der Waals surface area contributed by atoms with E-state index in [9.17, 15) is 0 Å². The molecule has 127 valence electrons. The second kappa shape index (κ2) is 8.15. The van der Waals surface area contributed by atoms with Crippen LogP contribution in [-0.2, 0) is 4.74 Å². The van der Waals surface area contributed by atoms with Crippen molar-refractivity contribution in [3.63, 3.8) is 0 Å². The molecular weight excluding hydrogens is 300 g/mol. The summed E-state index contributed by atoms with van der Waals surface area (Å²) < 4.78 is 10.8. The van der Waals surface area contributed by atoms with E-state index in [2.05, 4.69) is 47.5 Å². The van der Waals surface area contributed by atoms with Crippen molar-refractivity contribution in [2.24, 2.45) is 0 Å². The lowest BCUT2D eigenvalue weighted by Gasteiger charge is -2.27. The van der Waals surface area contributed by atoms with Gasteiger partial charge in [-0.2, -0.15) is 0 Å². The first-order valence-electron chi connectivity index (χ1n) is 8.53. The van der Waals surface area contributed by atoms with Gasteiger partial charge in [-0.3, -0.25) is 0 Å². The Morgan fingerprint density at radius 2 is 1.92 bits per heavy atom. The maximum absolute atomic E-state index is 5.75. The van der Waals surface area contributed by atoms with Crippen LogP contribution in [0.4, 0.5) is 5.82 Å². The van der Waals surface area contributed by atoms with Crippen molar-refractivity contribution in [3.8, 4) is 16.9 Å². The van der Waals surface area contributed by atoms with Crippen LogP contribution in [0.1, 0.15) is 18.4 Å². The maximum Gasteiger partial charge on any atom is 0.129 e. The number of methoxy groups -OCH3 is 1. The molecule has 0 atom stereocenters. The summed E-state index contributed by atoms with van der Waals surface area (Å²) in [6.45, 7) is 5.38. The van der Waals surface area contributed by atoms with Crippen molar-refractivity contribution in [1.29, 1.82) is 0 Å². The molecule has 1 fully saturated rings. The third-order valence-electron chi connectivity index (χ3n) is 4.35. The zero-order chi connectivity index (χ0) is 16.8. The summed E-state index contributed by atoms with van der Waals surface area (Å²) in [7, 11) is 1.68. The fraction of sp³-hybridized carbons (Fsp3) is 0.400. The van der Waals surface area contributed by atoms with Crippen LogP contribution >= 0.6 is 0 Å². The molecule has 24 heavy (non-hydrogen) atoms. The lowest BCUT2D eigenvalue weighted by molar-refractivity contribution is 0.146. The Kier molecular flexibility index (Phi) is 5.70. The molecule has 1 saturated heterocycles. The minimum atomic E-state index is 0.560. The first kappa shape index (κ1) is 16.8. The van der Waals surface area contributed by atoms with E-state index in [1.54, 1.807) is 7.11 Å². The first-order valence-corrected chi connectivity index (χ1v) is 8.53. The predicted octanol–water partition coefficient (Wildman–Crippen LogP) is 3.89. The Hall–Kier alpha value is -2.07. The van der Waals surface area contributed by atoms with Crippen LogP contribution in [0.3, 0.4) is 0 Å². The summed E-state index contributed by atoms with van der Waals surface area (Å²) in [6.07, 6.45) is 6.52. The lowest BCUT2D eigenvalue weighted by atomic mass is 10.0. The fourth-order valence-electron chi connectivity index (χ4n) is 2.98. The monoisotopic (exact) mass is 325 g/mol. The smallest absolute Gasteiger partial charge is 0.129 e. The van der Waals surface area contributed by atoms with Gasteiger partial charge in [-0.1, -0.05) is 6.07 Å². The minimum absolute atomic E-state index is 0.560. The van der Waals surface area contributed by atoms with Crippen LogP contribution in [0.2, 0.25) is 0 Å². The van der Waals surface area contributed by atoms with Gasteiger partial charge >= 0.3 is 0 Å². The second-order valence-electron chi connectivity index (χ2n) is 6.07. The standard InChI is InChI=1S/C20H25N2O2/c1-16-6-7-18(24-13-12-23-2)15-19(16)17-8-9-21-20(14-17)22-10-4-3-5-11-22/h3,6-9,14-15H,4-5,10-13H2,1-2H3. The normalized spacial score (nSPS) is 14.7. The van der Waals surface area contributed by atoms with Crippen LogP contribution in [-0.4, -0.2) is 38.4 Å². The predicted molar refractivity (Wildman–Crippen MR) is 97.5 cm³/mol. The summed E-state index contributed by atoms with van der Waals surface area (Å²) in [5.74, 6) is 1.93. The summed E-state index contributed by atoms with van der Waals surface area (Å²) in [5, 5.41) is 0. The molecule has 0 amide bonds. The SMILES string of the molecule is COCCOc1ccc(C)c(-c2ccnc(N3CC[CH]CC3)c2)c1. The van der Waals surface area contributed by atoms with Gasteiger partial charge in [0.25, 0.3) is 0 Å². The number of nitrogens with zero attached hydrogens (tertiary/aromatic N) is 2. The topological polar surface area (TPSA) is 34.6 Å². The Bertz CT molecular complexity index is 666. The van der Waals surface area contributed by atoms with Crippen LogP contribution in [0.25, 0.3) is 11.1 Å². The van der Waals surface area contributed by atoms with Crippen molar-refractivity contribution >= 4 is 5.82 Å². The number of benzene rings is 1. The Morgan fingerprint density at radius 3 is 2.71 bits per heavy atom. The highest BCUT2D eigenvalue weighted by molar-refractivity contribution is 5.71. The highest BCUT2D eigenvalue weighted by atomic mass is 16.5. The first-order chi connectivity index (χ1) is 11.8. The van der Waals surface area contributed by atoms with E-state index in [-0.39, 0.29) is 0 Å². The van der Waals surface area contributed by atoms with Gasteiger partial charge in [0, 0.05) is 26.4 Å². The van der Waals surface area contributed by atoms with Gasteiger partial charge in [0.05, 0.1) is 6.61 Å². The van der Waals surface area contributed by atoms with Crippen LogP contribution in [0.5, 0.6) is 5.75 Å². The van der Waals surface area contributed by atoms with Gasteiger partial charge in [-0.15, -0.1) is 0 Å². The summed E-state index contributed by atoms with van der Waals surface area (Å²) in [6, 6.07) is 10.5. The number of ether oxygens (including phenoxy) is 2. The third-order valence-corrected chi connectivity index (χ3v) is 4.35. The molecule has 2 aromatic rings. The molecule has 1 aromatic heterocycles. The zero-order valence-electron chi connectivity index (χ0n) is 14.5. The summed E-state index contributed by atoms with van der Waals surface area (Å²) in [5.41, 5.74) is 3.61. The van der Waals surface area contributed by atoms with Gasteiger partial charge in [-0.25, -0.2) is 4.98 Å². The Labute approximate surface area is 144 Å². The van der Waals surface area contributed by atoms with E-state index >= 15 is 0 Å². The number of anilines is 1. The number of piperidine rings is 1. The Morgan fingerprint density at radius 1 is 1.08 bits per heavy atom. The number of rotatable bonds is 6. The van der Waals surface area contributed by atoms with E-state index in [0.29, 0.717) is 13.2 Å². The van der Waals surface area contributed by atoms with Crippen LogP contribution in [0, 0.1) is 13.3 Å². The molecule has 3 rings (SSSR count). The molecule has 0 N–H and O–H groups in total. The van der Waals surface area contributed by atoms with Gasteiger partial charge in [0.1, 0.15) is 18.2 Å². The van der Waals surface area contributed by atoms with E-state index in [1.165, 1.54) is 16.7 Å². The molecule has 2 heterocycles. The highest BCUT2D eigenvalue weighted by Crippen LogP contribution is 2.30. The highest BCUT2D eigenvalue weighted by Gasteiger charge is 2.13. The second-order valence-corrected chi connectivity index (χ2v) is 6.07. The van der Waals surface area contributed by atoms with E-state index in [4.69, 9.17) is 9.47 Å². The molecule has 0 bridgehead atoms. The molecular formula is C20H25N2O2. The number of hydrogen-bond donors (Lipinski definition) is 0. The van der Waals surface area contributed by atoms with Crippen LogP contribution < -0.4 is 9.64 Å². The minimum Gasteiger partial charge on any atom is -0.491 e. The van der Waals surface area contributed by atoms with Crippen molar-refractivity contribution < 1.29 is 9.47 Å². The molecule has 4 heteroatoms. The molecule has 4 nitrogen and oxygen atoms in total. The molecule has 0 aliphatic carbocycles. The number of aromatic nitrogens is 1. The number of hydrogen-bond acceptors (Lipinski definition) is 4. The third kappa shape index (κ3) is 4.06. The quantitative estimate of drug-likeness (QED) is 0.755. The number of pyridine rings is 1. The molecule has 0 saturated carbocycles. The number of aryl methyl sites for hydroxylation is 1. The fourth-order valence-corrected chi connectivity index (χ4v) is 2.98. The van der Waals surface area contributed by atoms with Crippen LogP contribution in [0.15, 0.2) is 36.5 Å². The average Bonchev–Trinajstić information content (AvgIpc) is 2.64. The van der Waals surface area contributed by atoms with Gasteiger partial charge in [-0.05, 0) is 67.1 Å². The summed E-state index contributed by atoms with van der Waals surface area (Å²) >= 11 is 0. The Balaban J connectivity index is 1.83. The van der Waals surface area contributed by atoms with Gasteiger partial charge in [0.2, 0.25) is 0 Å². The van der Waals surface area contributed by atoms with Crippen molar-refractivity contribution in [1.82, 2.24) is 4.98 Å². The van der Waals surface area contributed by atoms with Crippen molar-refractivity contribution in [2.45, 2.75) is 19.8 Å². The largest absolute Gasteiger partial charge is 0.491 e. The van der Waals surface area contributed by atoms with E-state index in [1.807, 2.05) is 12.3 Å². The van der Waals surface area contributed by atoms with E-state index in [0.717, 1.165) is 37.5 Å². The van der Waals surface area contributed by atoms with Crippen molar-refractivity contribution in [2.75, 3.05) is 38.3 Å². The molecule has 1 aromatic carbocycles. The van der Waals surface area contributed by atoms with Gasteiger partial charge < -0.3 is 14.4 Å².